The first kappa shape index (κ1) is 58.0. The van der Waals surface area contributed by atoms with Crippen LogP contribution in [0.15, 0.2) is 112 Å². The smallest absolute Gasteiger partial charge is 0.744 e. The van der Waals surface area contributed by atoms with Gasteiger partial charge < -0.3 is 39.6 Å². The molecule has 0 atom stereocenters. The average Bonchev–Trinajstić information content (AvgIpc) is 3.09. The summed E-state index contributed by atoms with van der Waals surface area (Å²) >= 11 is 12.1. The first-order valence-corrected chi connectivity index (χ1v) is 22.0. The van der Waals surface area contributed by atoms with Crippen molar-refractivity contribution in [2.45, 2.75) is 19.6 Å². The van der Waals surface area contributed by atoms with Crippen molar-refractivity contribution in [3.8, 4) is 11.1 Å². The molecule has 24 nitrogen and oxygen atoms in total. The quantitative estimate of drug-likeness (QED) is 0.0445. The fourth-order valence-corrected chi connectivity index (χ4v) is 8.10. The summed E-state index contributed by atoms with van der Waals surface area (Å²) in [7, 11) is -20.6. The van der Waals surface area contributed by atoms with Gasteiger partial charge in [-0.3, -0.25) is 9.97 Å². The third-order valence-corrected chi connectivity index (χ3v) is 11.5. The van der Waals surface area contributed by atoms with Crippen LogP contribution in [-0.4, -0.2) is 81.8 Å². The Hall–Kier alpha value is -2.08. The van der Waals surface area contributed by atoms with Crippen LogP contribution >= 0.6 is 23.2 Å². The fourth-order valence-electron chi connectivity index (χ4n) is 5.17. The zero-order valence-electron chi connectivity index (χ0n) is 33.1. The summed E-state index contributed by atoms with van der Waals surface area (Å²) in [5.41, 5.74) is 8.16. The van der Waals surface area contributed by atoms with E-state index >= 15 is 0 Å². The molecule has 2 aromatic heterocycles. The Kier molecular flexibility index (Phi) is 20.7. The number of aromatic amines is 4. The summed E-state index contributed by atoms with van der Waals surface area (Å²) in [5.74, 6) is 0. The molecule has 6 rings (SSSR count). The Bertz CT molecular complexity index is 3310. The summed E-state index contributed by atoms with van der Waals surface area (Å²) in [5, 5.41) is -0.624. The molecule has 2 heterocycles. The number of hydrogen-bond donors (Lipinski definition) is 6. The van der Waals surface area contributed by atoms with E-state index in [1.807, 2.05) is 0 Å². The first-order valence-electron chi connectivity index (χ1n) is 15.7. The Morgan fingerprint density at radius 3 is 1.03 bits per heavy atom. The largest absolute Gasteiger partial charge is 1.00 e. The Morgan fingerprint density at radius 2 is 0.734 bits per heavy atom. The maximum Gasteiger partial charge on any atom is 1.00 e. The molecule has 34 heteroatoms. The number of nitrogens with two attached hydrogens (primary N) is 2. The second-order valence-electron chi connectivity index (χ2n) is 11.7. The number of anilines is 2. The number of nitrogens with zero attached hydrogens (tertiary/aromatic N) is 6. The molecular formula is C30H20Cl2N12Na4O12S4. The van der Waals surface area contributed by atoms with E-state index < -0.39 is 82.6 Å². The molecule has 0 aliphatic rings. The van der Waals surface area contributed by atoms with Crippen LogP contribution in [-0.2, 0) is 40.5 Å². The number of benzene rings is 4. The second kappa shape index (κ2) is 22.8. The van der Waals surface area contributed by atoms with E-state index in [9.17, 15) is 51.9 Å². The minimum absolute atomic E-state index is 0. The van der Waals surface area contributed by atoms with E-state index in [2.05, 4.69) is 49.9 Å². The zero-order chi connectivity index (χ0) is 43.9. The number of rotatable bonds is 9. The minimum atomic E-state index is -5.42. The molecular weight excluding hydrogens is 1010 g/mol. The molecule has 314 valence electrons. The summed E-state index contributed by atoms with van der Waals surface area (Å²) in [6.07, 6.45) is 0. The van der Waals surface area contributed by atoms with Crippen molar-refractivity contribution in [1.82, 2.24) is 29.9 Å². The van der Waals surface area contributed by atoms with Crippen LogP contribution in [0.1, 0.15) is 0 Å². The molecule has 0 radical (unpaired) electrons. The monoisotopic (exact) mass is 1030 g/mol. The van der Waals surface area contributed by atoms with Crippen LogP contribution in [0.5, 0.6) is 0 Å². The van der Waals surface area contributed by atoms with Crippen LogP contribution in [0, 0.1) is 0 Å². The van der Waals surface area contributed by atoms with Crippen molar-refractivity contribution in [2.24, 2.45) is 20.0 Å². The second-order valence-corrected chi connectivity index (χ2v) is 17.8. The van der Waals surface area contributed by atoms with Gasteiger partial charge in [0.05, 0.1) is 53.7 Å². The molecule has 0 spiro atoms. The topological polar surface area (TPSA) is 419 Å². The zero-order valence-corrected chi connectivity index (χ0v) is 45.8. The van der Waals surface area contributed by atoms with Gasteiger partial charge in [-0.1, -0.05) is 12.1 Å². The van der Waals surface area contributed by atoms with Crippen molar-refractivity contribution in [1.29, 1.82) is 0 Å². The van der Waals surface area contributed by atoms with Crippen LogP contribution in [0.3, 0.4) is 0 Å². The van der Waals surface area contributed by atoms with Gasteiger partial charge in [0.15, 0.2) is 0 Å². The number of halogens is 2. The van der Waals surface area contributed by atoms with Gasteiger partial charge in [0.25, 0.3) is 0 Å². The molecule has 6 aromatic rings. The van der Waals surface area contributed by atoms with Crippen molar-refractivity contribution >= 4 is 97.8 Å². The SMILES string of the molecule is Nc1cc(N=c2nc(Cl)[nH]c(=Nc3ccc(-c4ccc(N=c5[nH]c(Cl)nc(=Nc6ccc(S(=O)(=O)[O-])c(N)c6)[nH]5)cc4S(=O)(=O)[O-])c(S(=O)(=O)[O-])c3)[nH]2)ccc1S(=O)(=O)[O-].[Na+].[Na+].[Na+].[Na+]. The molecule has 0 aliphatic carbocycles. The Balaban J connectivity index is 0.00000352. The number of H-pyrrole nitrogens is 4. The molecule has 0 aliphatic heterocycles. The van der Waals surface area contributed by atoms with E-state index in [1.165, 1.54) is 0 Å². The predicted octanol–water partition coefficient (Wildman–Crippen LogP) is -11.5. The maximum absolute atomic E-state index is 12.5. The summed E-state index contributed by atoms with van der Waals surface area (Å²) in [6.45, 7) is 0. The molecule has 64 heavy (non-hydrogen) atoms. The van der Waals surface area contributed by atoms with Crippen molar-refractivity contribution < 1.29 is 170 Å². The Morgan fingerprint density at radius 1 is 0.438 bits per heavy atom. The van der Waals surface area contributed by atoms with E-state index in [4.69, 9.17) is 34.7 Å². The summed E-state index contributed by atoms with van der Waals surface area (Å²) in [4.78, 5) is 31.2. The average molecular weight is 1030 g/mol. The van der Waals surface area contributed by atoms with Crippen molar-refractivity contribution in [2.75, 3.05) is 11.5 Å². The molecule has 0 saturated carbocycles. The van der Waals surface area contributed by atoms with Gasteiger partial charge >= 0.3 is 118 Å². The van der Waals surface area contributed by atoms with Crippen LogP contribution < -0.4 is 152 Å². The first-order chi connectivity index (χ1) is 27.8. The number of aromatic nitrogens is 6. The van der Waals surface area contributed by atoms with Gasteiger partial charge in [-0.2, -0.15) is 9.97 Å². The van der Waals surface area contributed by atoms with Crippen LogP contribution in [0.25, 0.3) is 11.1 Å². The number of nitrogen functional groups attached to an aromatic ring is 2. The predicted molar refractivity (Wildman–Crippen MR) is 202 cm³/mol. The van der Waals surface area contributed by atoms with E-state index in [0.717, 1.165) is 72.8 Å². The summed E-state index contributed by atoms with van der Waals surface area (Å²) < 4.78 is 143. The third-order valence-electron chi connectivity index (χ3n) is 7.55. The van der Waals surface area contributed by atoms with Crippen LogP contribution in [0.4, 0.5) is 34.1 Å². The molecule has 8 N–H and O–H groups in total. The Labute approximate surface area is 459 Å². The third kappa shape index (κ3) is 15.0. The van der Waals surface area contributed by atoms with Gasteiger partial charge in [0.2, 0.25) is 33.0 Å². The fraction of sp³-hybridized carbons (Fsp3) is 0. The molecule has 0 unspecified atom stereocenters. The minimum Gasteiger partial charge on any atom is -0.744 e. The molecule has 4 aromatic carbocycles. The standard InChI is InChI=1S/C30H24Cl2N12O12S4.4Na/c31-25-39-27(35-13-3-7-21(19(33)9-13)57(45,46)47)43-29(41-25)37-15-1-5-17(23(11-15)59(51,52)53)18-6-2-16(12-24(18)60(54,55)56)38-30-42-26(32)40-28(44-30)36-14-4-8-22(20(34)10-14)58(48,49)50;;;;/h1-12H,33-34H2,(H,45,46,47)(H,48,49,50)(H,51,52,53)(H,54,55,56)(H2,35,37,39,41,43)(H2,36,38,40,42,44);;;;/q;4*+1/p-4. The molecule has 0 bridgehead atoms. The van der Waals surface area contributed by atoms with Gasteiger partial charge in [-0.05, 0) is 83.9 Å². The van der Waals surface area contributed by atoms with Crippen molar-refractivity contribution in [3.63, 3.8) is 0 Å². The summed E-state index contributed by atoms with van der Waals surface area (Å²) in [6, 6.07) is 12.2. The van der Waals surface area contributed by atoms with E-state index in [1.54, 1.807) is 0 Å². The van der Waals surface area contributed by atoms with Gasteiger partial charge in [-0.15, -0.1) is 0 Å². The normalized spacial score (nSPS) is 13.0. The van der Waals surface area contributed by atoms with E-state index in [0.29, 0.717) is 0 Å². The molecule has 0 saturated heterocycles. The van der Waals surface area contributed by atoms with Gasteiger partial charge in [0, 0.05) is 11.1 Å². The van der Waals surface area contributed by atoms with Crippen LogP contribution in [0.2, 0.25) is 10.6 Å². The van der Waals surface area contributed by atoms with Crippen molar-refractivity contribution in [3.05, 3.63) is 106 Å². The van der Waals surface area contributed by atoms with Gasteiger partial charge in [-0.25, -0.2) is 53.6 Å². The number of hydrogen-bond acceptors (Lipinski definition) is 20. The molecule has 0 fully saturated rings. The molecule has 0 amide bonds. The van der Waals surface area contributed by atoms with Gasteiger partial charge in [0.1, 0.15) is 40.5 Å². The van der Waals surface area contributed by atoms with E-state index in [-0.39, 0.29) is 174 Å². The number of nitrogens with one attached hydrogen (secondary N) is 4. The maximum atomic E-state index is 12.5.